The number of benzene rings is 1. The smallest absolute Gasteiger partial charge is 0.325 e. The normalized spacial score (nSPS) is 14.2. The van der Waals surface area contributed by atoms with Gasteiger partial charge in [0.15, 0.2) is 0 Å². The molecule has 2 N–H and O–H groups in total. The van der Waals surface area contributed by atoms with Gasteiger partial charge in [0.1, 0.15) is 11.4 Å². The predicted molar refractivity (Wildman–Crippen MR) is 74.0 cm³/mol. The topological polar surface area (TPSA) is 52.6 Å². The molecule has 0 bridgehead atoms. The summed E-state index contributed by atoms with van der Waals surface area (Å²) >= 11 is 0. The van der Waals surface area contributed by atoms with Crippen LogP contribution >= 0.6 is 0 Å². The van der Waals surface area contributed by atoms with Crippen molar-refractivity contribution in [3.63, 3.8) is 0 Å². The lowest BCUT2D eigenvalue weighted by Crippen LogP contribution is -2.58. The molecule has 106 valence electrons. The summed E-state index contributed by atoms with van der Waals surface area (Å²) in [5, 5.41) is 12.4. The van der Waals surface area contributed by atoms with Crippen LogP contribution in [0, 0.1) is 5.82 Å². The van der Waals surface area contributed by atoms with E-state index in [4.69, 9.17) is 0 Å². The Kier molecular flexibility index (Phi) is 4.89. The molecule has 0 radical (unpaired) electrons. The Balaban J connectivity index is 2.88. The third kappa shape index (κ3) is 4.21. The summed E-state index contributed by atoms with van der Waals surface area (Å²) in [6.45, 7) is 5.65. The fourth-order valence-corrected chi connectivity index (χ4v) is 2.09. The highest BCUT2D eigenvalue weighted by Gasteiger charge is 2.34. The highest BCUT2D eigenvalue weighted by atomic mass is 19.1. The van der Waals surface area contributed by atoms with Crippen molar-refractivity contribution in [3.8, 4) is 0 Å². The van der Waals surface area contributed by atoms with Crippen LogP contribution in [0.1, 0.15) is 20.8 Å². The van der Waals surface area contributed by atoms with Gasteiger partial charge < -0.3 is 10.0 Å². The minimum atomic E-state index is -1.09. The van der Waals surface area contributed by atoms with E-state index < -0.39 is 11.5 Å². The van der Waals surface area contributed by atoms with Crippen LogP contribution in [0.4, 0.5) is 10.1 Å². The second-order valence-corrected chi connectivity index (χ2v) is 5.27. The van der Waals surface area contributed by atoms with Crippen LogP contribution in [-0.4, -0.2) is 36.2 Å². The molecule has 19 heavy (non-hydrogen) atoms. The minimum Gasteiger partial charge on any atom is -0.480 e. The number of nitrogens with zero attached hydrogens (tertiary/aromatic N) is 1. The first-order chi connectivity index (χ1) is 8.74. The van der Waals surface area contributed by atoms with E-state index in [1.165, 1.54) is 12.1 Å². The molecule has 1 aromatic carbocycles. The highest BCUT2D eigenvalue weighted by Crippen LogP contribution is 2.17. The first kappa shape index (κ1) is 15.4. The second-order valence-electron chi connectivity index (χ2n) is 5.27. The summed E-state index contributed by atoms with van der Waals surface area (Å²) in [7, 11) is 1.75. The second kappa shape index (κ2) is 6.02. The van der Waals surface area contributed by atoms with Crippen LogP contribution in [0.15, 0.2) is 24.3 Å². The zero-order chi connectivity index (χ0) is 14.6. The van der Waals surface area contributed by atoms with Crippen LogP contribution in [-0.2, 0) is 4.79 Å². The molecule has 1 unspecified atom stereocenters. The van der Waals surface area contributed by atoms with Crippen molar-refractivity contribution in [3.05, 3.63) is 30.1 Å². The number of nitrogens with one attached hydrogen (secondary N) is 1. The Morgan fingerprint density at radius 1 is 1.53 bits per heavy atom. The van der Waals surface area contributed by atoms with E-state index in [0.717, 1.165) is 0 Å². The van der Waals surface area contributed by atoms with Crippen molar-refractivity contribution < 1.29 is 14.3 Å². The van der Waals surface area contributed by atoms with Gasteiger partial charge in [-0.25, -0.2) is 4.39 Å². The maximum absolute atomic E-state index is 13.2. The molecular formula is C14H21FN2O2. The number of hydrogen-bond donors (Lipinski definition) is 2. The molecule has 0 aliphatic rings. The summed E-state index contributed by atoms with van der Waals surface area (Å²) in [6, 6.07) is 6.15. The molecule has 0 aromatic heterocycles. The van der Waals surface area contributed by atoms with Crippen molar-refractivity contribution >= 4 is 11.7 Å². The largest absolute Gasteiger partial charge is 0.480 e. The summed E-state index contributed by atoms with van der Waals surface area (Å²) in [5.41, 5.74) is -0.437. The lowest BCUT2D eigenvalue weighted by atomic mass is 10.0. The first-order valence-electron chi connectivity index (χ1n) is 6.22. The average Bonchev–Trinajstić information content (AvgIpc) is 2.27. The zero-order valence-corrected chi connectivity index (χ0v) is 11.8. The van der Waals surface area contributed by atoms with Gasteiger partial charge in [-0.2, -0.15) is 0 Å². The summed E-state index contributed by atoms with van der Waals surface area (Å²) in [4.78, 5) is 13.2. The van der Waals surface area contributed by atoms with Crippen LogP contribution in [0.3, 0.4) is 0 Å². The third-order valence-corrected chi connectivity index (χ3v) is 2.88. The van der Waals surface area contributed by atoms with Gasteiger partial charge in [-0.3, -0.25) is 10.1 Å². The predicted octanol–water partition coefficient (Wildman–Crippen LogP) is 2.10. The number of rotatable bonds is 6. The van der Waals surface area contributed by atoms with Crippen LogP contribution in [0.5, 0.6) is 0 Å². The van der Waals surface area contributed by atoms with Gasteiger partial charge in [0, 0.05) is 25.3 Å². The van der Waals surface area contributed by atoms with Crippen LogP contribution in [0.2, 0.25) is 0 Å². The van der Waals surface area contributed by atoms with Crippen molar-refractivity contribution in [1.82, 2.24) is 5.32 Å². The molecule has 0 spiro atoms. The van der Waals surface area contributed by atoms with E-state index in [2.05, 4.69) is 5.32 Å². The number of halogens is 1. The Morgan fingerprint density at radius 3 is 2.63 bits per heavy atom. The number of carbonyl (C=O) groups is 1. The molecule has 0 heterocycles. The Bertz CT molecular complexity index is 451. The number of hydrogen-bond acceptors (Lipinski definition) is 3. The van der Waals surface area contributed by atoms with E-state index in [9.17, 15) is 14.3 Å². The van der Waals surface area contributed by atoms with Crippen molar-refractivity contribution in [2.75, 3.05) is 18.5 Å². The standard InChI is InChI=1S/C14H21FN2O2/c1-10(2)16-14(3,13(18)19)9-17(4)12-7-5-6-11(15)8-12/h5-8,10,16H,9H2,1-4H3,(H,18,19). The van der Waals surface area contributed by atoms with Crippen LogP contribution < -0.4 is 10.2 Å². The molecule has 1 atom stereocenters. The van der Waals surface area contributed by atoms with Crippen molar-refractivity contribution in [2.24, 2.45) is 0 Å². The molecule has 1 rings (SSSR count). The van der Waals surface area contributed by atoms with E-state index in [0.29, 0.717) is 5.69 Å². The van der Waals surface area contributed by atoms with Crippen molar-refractivity contribution in [1.29, 1.82) is 0 Å². The van der Waals surface area contributed by atoms with Gasteiger partial charge in [-0.15, -0.1) is 0 Å². The minimum absolute atomic E-state index is 0.0435. The van der Waals surface area contributed by atoms with E-state index in [1.54, 1.807) is 31.0 Å². The fraction of sp³-hybridized carbons (Fsp3) is 0.500. The Hall–Kier alpha value is -1.62. The molecule has 5 heteroatoms. The number of anilines is 1. The molecule has 0 aliphatic heterocycles. The number of carboxylic acid groups (broad SMARTS) is 1. The van der Waals surface area contributed by atoms with Gasteiger partial charge >= 0.3 is 5.97 Å². The number of likely N-dealkylation sites (N-methyl/N-ethyl adjacent to an activating group) is 1. The van der Waals surface area contributed by atoms with Gasteiger partial charge in [0.2, 0.25) is 0 Å². The van der Waals surface area contributed by atoms with Gasteiger partial charge in [-0.1, -0.05) is 6.07 Å². The quantitative estimate of drug-likeness (QED) is 0.829. The molecular weight excluding hydrogens is 247 g/mol. The Labute approximate surface area is 113 Å². The maximum atomic E-state index is 13.2. The van der Waals surface area contributed by atoms with Gasteiger partial charge in [0.25, 0.3) is 0 Å². The maximum Gasteiger partial charge on any atom is 0.325 e. The van der Waals surface area contributed by atoms with Gasteiger partial charge in [0.05, 0.1) is 0 Å². The van der Waals surface area contributed by atoms with Crippen LogP contribution in [0.25, 0.3) is 0 Å². The molecule has 0 saturated carbocycles. The summed E-state index contributed by atoms with van der Waals surface area (Å²) in [6.07, 6.45) is 0. The number of aliphatic carboxylic acids is 1. The third-order valence-electron chi connectivity index (χ3n) is 2.88. The summed E-state index contributed by atoms with van der Waals surface area (Å²) in [5.74, 6) is -1.26. The lowest BCUT2D eigenvalue weighted by molar-refractivity contribution is -0.144. The monoisotopic (exact) mass is 268 g/mol. The van der Waals surface area contributed by atoms with Gasteiger partial charge in [-0.05, 0) is 39.0 Å². The average molecular weight is 268 g/mol. The SMILES string of the molecule is CC(C)NC(C)(CN(C)c1cccc(F)c1)C(=O)O. The summed E-state index contributed by atoms with van der Waals surface area (Å²) < 4.78 is 13.2. The van der Waals surface area contributed by atoms with E-state index in [-0.39, 0.29) is 18.4 Å². The molecule has 0 amide bonds. The van der Waals surface area contributed by atoms with E-state index in [1.807, 2.05) is 13.8 Å². The fourth-order valence-electron chi connectivity index (χ4n) is 2.09. The van der Waals surface area contributed by atoms with E-state index >= 15 is 0 Å². The molecule has 1 aromatic rings. The van der Waals surface area contributed by atoms with Crippen molar-refractivity contribution in [2.45, 2.75) is 32.4 Å². The zero-order valence-electron chi connectivity index (χ0n) is 11.8. The Morgan fingerprint density at radius 2 is 2.16 bits per heavy atom. The first-order valence-corrected chi connectivity index (χ1v) is 6.22. The molecule has 4 nitrogen and oxygen atoms in total. The number of carboxylic acids is 1. The molecule has 0 saturated heterocycles. The highest BCUT2D eigenvalue weighted by molar-refractivity contribution is 5.79. The molecule has 0 fully saturated rings. The molecule has 0 aliphatic carbocycles. The lowest BCUT2D eigenvalue weighted by Gasteiger charge is -2.33.